The molecule has 166 valence electrons. The zero-order valence-corrected chi connectivity index (χ0v) is 18.6. The van der Waals surface area contributed by atoms with Crippen LogP contribution in [0.5, 0.6) is 0 Å². The third kappa shape index (κ3) is 5.53. The van der Waals surface area contributed by atoms with Crippen molar-refractivity contribution in [2.45, 2.75) is 24.5 Å². The molecule has 0 aliphatic rings. The summed E-state index contributed by atoms with van der Waals surface area (Å²) in [4.78, 5) is 24.8. The summed E-state index contributed by atoms with van der Waals surface area (Å²) in [5, 5.41) is 2.71. The highest BCUT2D eigenvalue weighted by Gasteiger charge is 2.24. The van der Waals surface area contributed by atoms with Crippen LogP contribution in [-0.4, -0.2) is 33.4 Å². The van der Waals surface area contributed by atoms with E-state index in [-0.39, 0.29) is 10.5 Å². The van der Waals surface area contributed by atoms with Crippen molar-refractivity contribution in [3.63, 3.8) is 0 Å². The summed E-state index contributed by atoms with van der Waals surface area (Å²) >= 11 is 0. The fourth-order valence-electron chi connectivity index (χ4n) is 2.93. The van der Waals surface area contributed by atoms with Crippen molar-refractivity contribution >= 4 is 27.6 Å². The van der Waals surface area contributed by atoms with Gasteiger partial charge in [0.2, 0.25) is 0 Å². The average molecular weight is 453 g/mol. The Bertz CT molecular complexity index is 1180. The molecule has 0 aliphatic carbocycles. The fraction of sp³-hybridized carbons (Fsp3) is 0.167. The molecule has 3 rings (SSSR count). The standard InChI is InChI=1S/C24H24N2O5S/c1-18(23(27)25-17-19-10-5-3-6-11-19)31-24(28)20-12-9-15-22(16-20)32(29,30)26(2)21-13-7-4-8-14-21/h3-16,18H,17H2,1-2H3,(H,25,27). The number of nitrogens with one attached hydrogen (secondary N) is 1. The smallest absolute Gasteiger partial charge is 0.338 e. The lowest BCUT2D eigenvalue weighted by Crippen LogP contribution is -2.35. The first-order chi connectivity index (χ1) is 15.3. The van der Waals surface area contributed by atoms with Crippen molar-refractivity contribution in [3.05, 3.63) is 96.1 Å². The zero-order valence-electron chi connectivity index (χ0n) is 17.8. The molecule has 0 fully saturated rings. The molecular formula is C24H24N2O5S. The first-order valence-corrected chi connectivity index (χ1v) is 11.4. The second kappa shape index (κ2) is 10.1. The van der Waals surface area contributed by atoms with E-state index in [4.69, 9.17) is 4.74 Å². The summed E-state index contributed by atoms with van der Waals surface area (Å²) in [5.41, 5.74) is 1.44. The summed E-state index contributed by atoms with van der Waals surface area (Å²) in [6.07, 6.45) is -1.04. The highest BCUT2D eigenvalue weighted by Crippen LogP contribution is 2.22. The third-order valence-corrected chi connectivity index (χ3v) is 6.59. The molecule has 0 saturated carbocycles. The molecule has 1 atom stereocenters. The average Bonchev–Trinajstić information content (AvgIpc) is 2.83. The molecule has 7 nitrogen and oxygen atoms in total. The highest BCUT2D eigenvalue weighted by atomic mass is 32.2. The summed E-state index contributed by atoms with van der Waals surface area (Å²) < 4.78 is 32.3. The number of amides is 1. The van der Waals surface area contributed by atoms with Crippen molar-refractivity contribution in [2.75, 3.05) is 11.4 Å². The van der Waals surface area contributed by atoms with Gasteiger partial charge in [0.25, 0.3) is 15.9 Å². The lowest BCUT2D eigenvalue weighted by molar-refractivity contribution is -0.129. The number of carbonyl (C=O) groups excluding carboxylic acids is 2. The Balaban J connectivity index is 1.67. The monoisotopic (exact) mass is 452 g/mol. The van der Waals surface area contributed by atoms with Crippen molar-refractivity contribution in [2.24, 2.45) is 0 Å². The number of sulfonamides is 1. The van der Waals surface area contributed by atoms with Crippen LogP contribution in [0.4, 0.5) is 5.69 Å². The van der Waals surface area contributed by atoms with Gasteiger partial charge in [-0.25, -0.2) is 13.2 Å². The minimum atomic E-state index is -3.89. The topological polar surface area (TPSA) is 92.8 Å². The van der Waals surface area contributed by atoms with Crippen LogP contribution in [0.1, 0.15) is 22.8 Å². The van der Waals surface area contributed by atoms with Crippen LogP contribution >= 0.6 is 0 Å². The SMILES string of the molecule is CC(OC(=O)c1cccc(S(=O)(=O)N(C)c2ccccc2)c1)C(=O)NCc1ccccc1. The summed E-state index contributed by atoms with van der Waals surface area (Å²) in [6, 6.07) is 23.5. The quantitative estimate of drug-likeness (QED) is 0.529. The van der Waals surface area contributed by atoms with Crippen LogP contribution in [0, 0.1) is 0 Å². The third-order valence-electron chi connectivity index (χ3n) is 4.81. The van der Waals surface area contributed by atoms with E-state index >= 15 is 0 Å². The molecule has 0 saturated heterocycles. The molecule has 0 radical (unpaired) electrons. The van der Waals surface area contributed by atoms with Crippen LogP contribution in [0.25, 0.3) is 0 Å². The number of ether oxygens (including phenoxy) is 1. The van der Waals surface area contributed by atoms with E-state index in [9.17, 15) is 18.0 Å². The molecule has 3 aromatic carbocycles. The van der Waals surface area contributed by atoms with Gasteiger partial charge in [-0.05, 0) is 42.8 Å². The van der Waals surface area contributed by atoms with Crippen LogP contribution in [0.3, 0.4) is 0 Å². The maximum absolute atomic E-state index is 13.0. The maximum Gasteiger partial charge on any atom is 0.338 e. The van der Waals surface area contributed by atoms with E-state index in [0.29, 0.717) is 12.2 Å². The van der Waals surface area contributed by atoms with Gasteiger partial charge in [-0.1, -0.05) is 54.6 Å². The van der Waals surface area contributed by atoms with Crippen molar-refractivity contribution in [1.29, 1.82) is 0 Å². The van der Waals surface area contributed by atoms with Gasteiger partial charge in [-0.2, -0.15) is 0 Å². The van der Waals surface area contributed by atoms with Crippen LogP contribution in [0.15, 0.2) is 89.8 Å². The Kier molecular flexibility index (Phi) is 7.27. The summed E-state index contributed by atoms with van der Waals surface area (Å²) in [6.45, 7) is 1.77. The van der Waals surface area contributed by atoms with Gasteiger partial charge in [-0.3, -0.25) is 9.10 Å². The molecule has 32 heavy (non-hydrogen) atoms. The predicted octanol–water partition coefficient (Wildman–Crippen LogP) is 3.37. The Hall–Kier alpha value is -3.65. The van der Waals surface area contributed by atoms with Crippen molar-refractivity contribution in [1.82, 2.24) is 5.32 Å². The van der Waals surface area contributed by atoms with Gasteiger partial charge in [0, 0.05) is 13.6 Å². The van der Waals surface area contributed by atoms with Crippen LogP contribution in [0.2, 0.25) is 0 Å². The molecular weight excluding hydrogens is 428 g/mol. The molecule has 0 heterocycles. The van der Waals surface area contributed by atoms with Crippen LogP contribution < -0.4 is 9.62 Å². The maximum atomic E-state index is 13.0. The number of esters is 1. The molecule has 0 aliphatic heterocycles. The Labute approximate surface area is 187 Å². The molecule has 1 N–H and O–H groups in total. The molecule has 0 aromatic heterocycles. The lowest BCUT2D eigenvalue weighted by Gasteiger charge is -2.20. The van der Waals surface area contributed by atoms with Gasteiger partial charge in [0.05, 0.1) is 16.1 Å². The second-order valence-electron chi connectivity index (χ2n) is 7.09. The molecule has 0 spiro atoms. The van der Waals surface area contributed by atoms with E-state index in [2.05, 4.69) is 5.32 Å². The number of benzene rings is 3. The number of carbonyl (C=O) groups is 2. The predicted molar refractivity (Wildman–Crippen MR) is 122 cm³/mol. The first-order valence-electron chi connectivity index (χ1n) is 9.95. The van der Waals surface area contributed by atoms with Gasteiger partial charge in [0.15, 0.2) is 6.10 Å². The first kappa shape index (κ1) is 23.0. The zero-order chi connectivity index (χ0) is 23.1. The van der Waals surface area contributed by atoms with Gasteiger partial charge >= 0.3 is 5.97 Å². The van der Waals surface area contributed by atoms with E-state index in [1.54, 1.807) is 30.3 Å². The Morgan fingerprint density at radius 3 is 2.22 bits per heavy atom. The van der Waals surface area contributed by atoms with E-state index in [1.807, 2.05) is 30.3 Å². The molecule has 1 amide bonds. The molecule has 8 heteroatoms. The lowest BCUT2D eigenvalue weighted by atomic mass is 10.2. The Morgan fingerprint density at radius 2 is 1.56 bits per heavy atom. The van der Waals surface area contributed by atoms with Gasteiger partial charge in [0.1, 0.15) is 0 Å². The minimum Gasteiger partial charge on any atom is -0.449 e. The number of para-hydroxylation sites is 1. The van der Waals surface area contributed by atoms with Gasteiger partial charge < -0.3 is 10.1 Å². The van der Waals surface area contributed by atoms with E-state index in [1.165, 1.54) is 38.2 Å². The number of anilines is 1. The summed E-state index contributed by atoms with van der Waals surface area (Å²) in [7, 11) is -2.45. The molecule has 0 bridgehead atoms. The van der Waals surface area contributed by atoms with Crippen molar-refractivity contribution < 1.29 is 22.7 Å². The normalized spacial score (nSPS) is 11.9. The fourth-order valence-corrected chi connectivity index (χ4v) is 4.17. The highest BCUT2D eigenvalue weighted by molar-refractivity contribution is 7.92. The van der Waals surface area contributed by atoms with Gasteiger partial charge in [-0.15, -0.1) is 0 Å². The Morgan fingerprint density at radius 1 is 0.938 bits per heavy atom. The number of nitrogens with zero attached hydrogens (tertiary/aromatic N) is 1. The molecule has 3 aromatic rings. The second-order valence-corrected chi connectivity index (χ2v) is 9.06. The van der Waals surface area contributed by atoms with E-state index < -0.39 is 28.0 Å². The summed E-state index contributed by atoms with van der Waals surface area (Å²) in [5.74, 6) is -1.23. The number of hydrogen-bond donors (Lipinski definition) is 1. The van der Waals surface area contributed by atoms with Crippen LogP contribution in [-0.2, 0) is 26.1 Å². The minimum absolute atomic E-state index is 0.0373. The number of hydrogen-bond acceptors (Lipinski definition) is 5. The van der Waals surface area contributed by atoms with Crippen molar-refractivity contribution in [3.8, 4) is 0 Å². The molecule has 1 unspecified atom stereocenters. The number of rotatable bonds is 8. The van der Waals surface area contributed by atoms with E-state index in [0.717, 1.165) is 9.87 Å². The largest absolute Gasteiger partial charge is 0.449 e.